The minimum atomic E-state index is -3.25. The van der Waals surface area contributed by atoms with E-state index in [0.717, 1.165) is 0 Å². The van der Waals surface area contributed by atoms with Gasteiger partial charge in [0.15, 0.2) is 0 Å². The molecule has 1 heterocycles. The second kappa shape index (κ2) is 5.84. The van der Waals surface area contributed by atoms with Gasteiger partial charge in [-0.15, -0.1) is 0 Å². The van der Waals surface area contributed by atoms with E-state index in [9.17, 15) is 8.42 Å². The maximum Gasteiger partial charge on any atom is 0.213 e. The molecule has 18 heavy (non-hydrogen) atoms. The Bertz CT molecular complexity index is 556. The van der Waals surface area contributed by atoms with E-state index in [1.54, 1.807) is 20.9 Å². The van der Waals surface area contributed by atoms with Crippen LogP contribution in [0.3, 0.4) is 0 Å². The smallest absolute Gasteiger partial charge is 0.213 e. The van der Waals surface area contributed by atoms with Crippen molar-refractivity contribution >= 4 is 15.8 Å². The number of nitrogens with one attached hydrogen (secondary N) is 2. The first-order valence-electron chi connectivity index (χ1n) is 5.56. The third-order valence-electron chi connectivity index (χ3n) is 2.36. The van der Waals surface area contributed by atoms with E-state index in [0.29, 0.717) is 23.6 Å². The van der Waals surface area contributed by atoms with Crippen molar-refractivity contribution in [3.63, 3.8) is 0 Å². The third-order valence-corrected chi connectivity index (χ3v) is 3.83. The first-order valence-corrected chi connectivity index (χ1v) is 7.21. The summed E-state index contributed by atoms with van der Waals surface area (Å²) in [5.41, 5.74) is 1.07. The monoisotopic (exact) mass is 271 g/mol. The van der Waals surface area contributed by atoms with Gasteiger partial charge in [0.05, 0.1) is 11.4 Å². The van der Waals surface area contributed by atoms with Crippen molar-refractivity contribution in [1.82, 2.24) is 14.5 Å². The van der Waals surface area contributed by atoms with E-state index in [1.807, 2.05) is 6.07 Å². The molecule has 100 valence electrons. The molecule has 1 aromatic heterocycles. The van der Waals surface area contributed by atoms with Crippen LogP contribution in [0.2, 0.25) is 0 Å². The maximum atomic E-state index is 11.4. The van der Waals surface area contributed by atoms with E-state index in [-0.39, 0.29) is 12.3 Å². The van der Waals surface area contributed by atoms with E-state index in [1.165, 1.54) is 4.68 Å². The molecular formula is C10H17N5O2S. The van der Waals surface area contributed by atoms with Crippen molar-refractivity contribution < 1.29 is 8.42 Å². The third kappa shape index (κ3) is 3.45. The predicted molar refractivity (Wildman–Crippen MR) is 68.6 cm³/mol. The first-order chi connectivity index (χ1) is 8.41. The van der Waals surface area contributed by atoms with Crippen LogP contribution in [-0.2, 0) is 17.1 Å². The number of rotatable bonds is 6. The lowest BCUT2D eigenvalue weighted by Crippen LogP contribution is -2.29. The van der Waals surface area contributed by atoms with Crippen LogP contribution in [-0.4, -0.2) is 37.0 Å². The lowest BCUT2D eigenvalue weighted by molar-refractivity contribution is 0.584. The van der Waals surface area contributed by atoms with Crippen LogP contribution < -0.4 is 10.0 Å². The number of nitriles is 1. The van der Waals surface area contributed by atoms with Crippen LogP contribution >= 0.6 is 0 Å². The highest BCUT2D eigenvalue weighted by atomic mass is 32.2. The highest BCUT2D eigenvalue weighted by Crippen LogP contribution is 2.16. The highest BCUT2D eigenvalue weighted by Gasteiger charge is 2.14. The standard InChI is InChI=1S/C10H17N5O2S/c1-4-13-18(16,17)6-5-12-10-9(7-11)8(2)14-15(10)3/h12-13H,4-6H2,1-3H3. The van der Waals surface area contributed by atoms with Gasteiger partial charge in [0.1, 0.15) is 17.5 Å². The molecule has 7 nitrogen and oxygen atoms in total. The molecule has 0 bridgehead atoms. The molecule has 0 saturated carbocycles. The summed E-state index contributed by atoms with van der Waals surface area (Å²) in [5, 5.41) is 16.0. The van der Waals surface area contributed by atoms with Crippen LogP contribution in [0.1, 0.15) is 18.2 Å². The van der Waals surface area contributed by atoms with Crippen LogP contribution in [0.5, 0.6) is 0 Å². The second-order valence-electron chi connectivity index (χ2n) is 3.79. The number of aromatic nitrogens is 2. The van der Waals surface area contributed by atoms with Gasteiger partial charge in [0, 0.05) is 20.1 Å². The molecule has 0 atom stereocenters. The topological polar surface area (TPSA) is 99.8 Å². The summed E-state index contributed by atoms with van der Waals surface area (Å²) >= 11 is 0. The summed E-state index contributed by atoms with van der Waals surface area (Å²) in [4.78, 5) is 0. The minimum absolute atomic E-state index is 0.0457. The molecule has 0 aliphatic rings. The number of aryl methyl sites for hydroxylation is 2. The molecule has 0 amide bonds. The van der Waals surface area contributed by atoms with Gasteiger partial charge in [-0.3, -0.25) is 4.68 Å². The zero-order valence-corrected chi connectivity index (χ0v) is 11.5. The number of anilines is 1. The predicted octanol–water partition coefficient (Wildman–Crippen LogP) is -0.0486. The summed E-state index contributed by atoms with van der Waals surface area (Å²) in [7, 11) is -1.55. The SMILES string of the molecule is CCNS(=O)(=O)CCNc1c(C#N)c(C)nn1C. The van der Waals surface area contributed by atoms with Crippen LogP contribution in [0.4, 0.5) is 5.82 Å². The van der Waals surface area contributed by atoms with Crippen molar-refractivity contribution in [2.24, 2.45) is 7.05 Å². The number of hydrogen-bond donors (Lipinski definition) is 2. The van der Waals surface area contributed by atoms with Crippen molar-refractivity contribution in [2.45, 2.75) is 13.8 Å². The molecular weight excluding hydrogens is 254 g/mol. The molecule has 8 heteroatoms. The molecule has 0 unspecified atom stereocenters. The minimum Gasteiger partial charge on any atom is -0.368 e. The van der Waals surface area contributed by atoms with Gasteiger partial charge in [0.2, 0.25) is 10.0 Å². The van der Waals surface area contributed by atoms with E-state index in [2.05, 4.69) is 15.1 Å². The largest absolute Gasteiger partial charge is 0.368 e. The number of hydrogen-bond acceptors (Lipinski definition) is 5. The Morgan fingerprint density at radius 3 is 2.72 bits per heavy atom. The Balaban J connectivity index is 2.68. The van der Waals surface area contributed by atoms with Gasteiger partial charge in [-0.05, 0) is 6.92 Å². The first kappa shape index (κ1) is 14.5. The van der Waals surface area contributed by atoms with Crippen molar-refractivity contribution in [3.8, 4) is 6.07 Å². The fourth-order valence-electron chi connectivity index (χ4n) is 1.59. The molecule has 0 aliphatic carbocycles. The van der Waals surface area contributed by atoms with Crippen molar-refractivity contribution in [1.29, 1.82) is 5.26 Å². The average Bonchev–Trinajstić information content (AvgIpc) is 2.53. The van der Waals surface area contributed by atoms with Gasteiger partial charge < -0.3 is 5.32 Å². The Kier molecular flexibility index (Phi) is 4.69. The molecule has 1 rings (SSSR count). The second-order valence-corrected chi connectivity index (χ2v) is 5.71. The summed E-state index contributed by atoms with van der Waals surface area (Å²) in [6.45, 7) is 4.06. The lowest BCUT2D eigenvalue weighted by atomic mass is 10.2. The van der Waals surface area contributed by atoms with Crippen LogP contribution in [0, 0.1) is 18.3 Å². The van der Waals surface area contributed by atoms with E-state index < -0.39 is 10.0 Å². The molecule has 1 aromatic rings. The quantitative estimate of drug-likeness (QED) is 0.755. The number of nitrogens with zero attached hydrogens (tertiary/aromatic N) is 3. The lowest BCUT2D eigenvalue weighted by Gasteiger charge is -2.08. The van der Waals surface area contributed by atoms with Gasteiger partial charge in [-0.25, -0.2) is 13.1 Å². The molecule has 0 aliphatic heterocycles. The normalized spacial score (nSPS) is 11.2. The highest BCUT2D eigenvalue weighted by molar-refractivity contribution is 7.89. The summed E-state index contributed by atoms with van der Waals surface area (Å²) < 4.78 is 26.8. The molecule has 0 fully saturated rings. The Hall–Kier alpha value is -1.59. The van der Waals surface area contributed by atoms with Crippen LogP contribution in [0.15, 0.2) is 0 Å². The molecule has 0 spiro atoms. The van der Waals surface area contributed by atoms with Crippen LogP contribution in [0.25, 0.3) is 0 Å². The zero-order chi connectivity index (χ0) is 13.8. The van der Waals surface area contributed by atoms with Gasteiger partial charge >= 0.3 is 0 Å². The van der Waals surface area contributed by atoms with Gasteiger partial charge in [-0.2, -0.15) is 10.4 Å². The van der Waals surface area contributed by atoms with Gasteiger partial charge in [0.25, 0.3) is 0 Å². The molecule has 0 radical (unpaired) electrons. The molecule has 0 aromatic carbocycles. The Morgan fingerprint density at radius 1 is 1.50 bits per heavy atom. The summed E-state index contributed by atoms with van der Waals surface area (Å²) in [6.07, 6.45) is 0. The Labute approximate surface area is 107 Å². The van der Waals surface area contributed by atoms with Gasteiger partial charge in [-0.1, -0.05) is 6.92 Å². The van der Waals surface area contributed by atoms with Crippen molar-refractivity contribution in [3.05, 3.63) is 11.3 Å². The summed E-state index contributed by atoms with van der Waals surface area (Å²) in [5.74, 6) is 0.498. The fraction of sp³-hybridized carbons (Fsp3) is 0.600. The maximum absolute atomic E-state index is 11.4. The molecule has 0 saturated heterocycles. The summed E-state index contributed by atoms with van der Waals surface area (Å²) in [6, 6.07) is 2.05. The van der Waals surface area contributed by atoms with E-state index >= 15 is 0 Å². The van der Waals surface area contributed by atoms with E-state index in [4.69, 9.17) is 5.26 Å². The molecule has 2 N–H and O–H groups in total. The Morgan fingerprint density at radius 2 is 2.17 bits per heavy atom. The average molecular weight is 271 g/mol. The fourth-order valence-corrected chi connectivity index (χ4v) is 2.55. The zero-order valence-electron chi connectivity index (χ0n) is 10.7. The van der Waals surface area contributed by atoms with Crippen molar-refractivity contribution in [2.75, 3.05) is 24.2 Å². The number of sulfonamides is 1.